The molecular weight excluding hydrogens is 377 g/mol. The minimum atomic E-state index is -0.937. The molecule has 0 saturated heterocycles. The van der Waals surface area contributed by atoms with Crippen molar-refractivity contribution in [3.05, 3.63) is 57.6 Å². The molecule has 3 rings (SSSR count). The fourth-order valence-electron chi connectivity index (χ4n) is 2.94. The summed E-state index contributed by atoms with van der Waals surface area (Å²) in [5, 5.41) is 0.388. The van der Waals surface area contributed by atoms with Gasteiger partial charge in [-0.2, -0.15) is 0 Å². The number of carbonyl (C=O) groups is 2. The van der Waals surface area contributed by atoms with Crippen LogP contribution in [0, 0.1) is 0 Å². The van der Waals surface area contributed by atoms with Crippen LogP contribution in [0.25, 0.3) is 0 Å². The maximum absolute atomic E-state index is 12.7. The van der Waals surface area contributed by atoms with E-state index in [2.05, 4.69) is 0 Å². The maximum atomic E-state index is 12.7. The number of rotatable bonds is 4. The predicted molar refractivity (Wildman–Crippen MR) is 100 cm³/mol. The molecule has 7 heteroatoms. The molecule has 1 amide bonds. The minimum absolute atomic E-state index is 0.155. The van der Waals surface area contributed by atoms with Crippen molar-refractivity contribution in [2.24, 2.45) is 0 Å². The second-order valence-electron chi connectivity index (χ2n) is 5.89. The number of nitrogens with zero attached hydrogens (tertiary/aromatic N) is 1. The normalized spacial score (nSPS) is 13.9. The summed E-state index contributed by atoms with van der Waals surface area (Å²) in [6.07, 6.45) is -0.153. The average Bonchev–Trinajstić information content (AvgIpc) is 3.04. The number of amides is 1. The molecule has 1 aliphatic rings. The zero-order valence-electron chi connectivity index (χ0n) is 14.3. The minimum Gasteiger partial charge on any atom is -0.494 e. The molecule has 26 heavy (non-hydrogen) atoms. The number of carbonyl (C=O) groups excluding carboxylic acids is 2. The van der Waals surface area contributed by atoms with Crippen LogP contribution in [0.4, 0.5) is 5.69 Å². The first-order chi connectivity index (χ1) is 12.4. The summed E-state index contributed by atoms with van der Waals surface area (Å²) in [5.74, 6) is -0.665. The van der Waals surface area contributed by atoms with Gasteiger partial charge in [-0.3, -0.25) is 4.79 Å². The molecule has 0 fully saturated rings. The highest BCUT2D eigenvalue weighted by Crippen LogP contribution is 2.34. The molecule has 0 radical (unpaired) electrons. The maximum Gasteiger partial charge on any atom is 0.339 e. The lowest BCUT2D eigenvalue weighted by Crippen LogP contribution is -2.39. The van der Waals surface area contributed by atoms with E-state index in [9.17, 15) is 9.59 Å². The van der Waals surface area contributed by atoms with Gasteiger partial charge in [0.15, 0.2) is 11.9 Å². The van der Waals surface area contributed by atoms with E-state index < -0.39 is 12.1 Å². The van der Waals surface area contributed by atoms with Gasteiger partial charge in [0.05, 0.1) is 22.7 Å². The molecule has 136 valence electrons. The molecule has 1 atom stereocenters. The van der Waals surface area contributed by atoms with E-state index in [0.717, 1.165) is 17.7 Å². The van der Waals surface area contributed by atoms with Crippen LogP contribution in [0.15, 0.2) is 36.4 Å². The third-order valence-corrected chi connectivity index (χ3v) is 4.78. The van der Waals surface area contributed by atoms with E-state index in [4.69, 9.17) is 32.7 Å². The fourth-order valence-corrected chi connectivity index (χ4v) is 3.58. The monoisotopic (exact) mass is 393 g/mol. The van der Waals surface area contributed by atoms with E-state index >= 15 is 0 Å². The summed E-state index contributed by atoms with van der Waals surface area (Å²) in [7, 11) is 1.43. The summed E-state index contributed by atoms with van der Waals surface area (Å²) >= 11 is 12.1. The van der Waals surface area contributed by atoms with Crippen molar-refractivity contribution in [1.82, 2.24) is 0 Å². The zero-order valence-corrected chi connectivity index (χ0v) is 15.8. The first-order valence-electron chi connectivity index (χ1n) is 8.05. The van der Waals surface area contributed by atoms with Gasteiger partial charge in [-0.25, -0.2) is 4.79 Å². The van der Waals surface area contributed by atoms with Crippen LogP contribution < -0.4 is 9.64 Å². The van der Waals surface area contributed by atoms with Crippen LogP contribution in [0.3, 0.4) is 0 Å². The highest BCUT2D eigenvalue weighted by atomic mass is 35.5. The number of anilines is 1. The molecule has 0 unspecified atom stereocenters. The average molecular weight is 394 g/mol. The lowest BCUT2D eigenvalue weighted by molar-refractivity contribution is -0.126. The molecule has 2 aromatic rings. The topological polar surface area (TPSA) is 55.8 Å². The van der Waals surface area contributed by atoms with Crippen molar-refractivity contribution in [2.45, 2.75) is 19.4 Å². The van der Waals surface area contributed by atoms with Gasteiger partial charge in [0.25, 0.3) is 5.91 Å². The highest BCUT2D eigenvalue weighted by Gasteiger charge is 2.30. The van der Waals surface area contributed by atoms with Crippen molar-refractivity contribution >= 4 is 40.8 Å². The molecule has 5 nitrogen and oxygen atoms in total. The number of ether oxygens (including phenoxy) is 2. The second-order valence-corrected chi connectivity index (χ2v) is 6.70. The Kier molecular flexibility index (Phi) is 5.39. The van der Waals surface area contributed by atoms with Crippen LogP contribution >= 0.6 is 23.2 Å². The predicted octanol–water partition coefficient (Wildman–Crippen LogP) is 4.14. The van der Waals surface area contributed by atoms with E-state index in [1.807, 2.05) is 24.3 Å². The fraction of sp³-hybridized carbons (Fsp3) is 0.263. The van der Waals surface area contributed by atoms with Gasteiger partial charge >= 0.3 is 5.97 Å². The van der Waals surface area contributed by atoms with E-state index in [-0.39, 0.29) is 27.3 Å². The first-order valence-corrected chi connectivity index (χ1v) is 8.81. The summed E-state index contributed by atoms with van der Waals surface area (Å²) in [5.41, 5.74) is 2.12. The number of methoxy groups -OCH3 is 1. The number of benzene rings is 2. The van der Waals surface area contributed by atoms with Crippen molar-refractivity contribution in [1.29, 1.82) is 0 Å². The molecular formula is C19H17Cl2NO4. The van der Waals surface area contributed by atoms with E-state index in [1.165, 1.54) is 19.2 Å². The number of halogens is 2. The van der Waals surface area contributed by atoms with Gasteiger partial charge < -0.3 is 14.4 Å². The van der Waals surface area contributed by atoms with Gasteiger partial charge in [-0.05, 0) is 37.1 Å². The molecule has 0 aromatic heterocycles. The summed E-state index contributed by atoms with van der Waals surface area (Å²) in [4.78, 5) is 26.7. The van der Waals surface area contributed by atoms with Crippen LogP contribution in [0.1, 0.15) is 22.8 Å². The van der Waals surface area contributed by atoms with Gasteiger partial charge in [0.1, 0.15) is 0 Å². The van der Waals surface area contributed by atoms with Gasteiger partial charge in [0.2, 0.25) is 0 Å². The molecule has 0 N–H and O–H groups in total. The second kappa shape index (κ2) is 7.56. The Morgan fingerprint density at radius 1 is 1.15 bits per heavy atom. The standard InChI is InChI=1S/C19H17Cl2NO4/c1-11(18(23)22-8-7-12-5-3-4-6-16(12)22)26-19(24)13-9-14(20)17(25-2)15(21)10-13/h3-6,9-11H,7-8H2,1-2H3/t11-/m0/s1. The number of hydrogen-bond acceptors (Lipinski definition) is 4. The molecule has 2 aromatic carbocycles. The number of fused-ring (bicyclic) bond motifs is 1. The number of hydrogen-bond donors (Lipinski definition) is 0. The Balaban J connectivity index is 1.73. The third kappa shape index (κ3) is 3.50. The SMILES string of the molecule is COc1c(Cl)cc(C(=O)O[C@@H](C)C(=O)N2CCc3ccccc32)cc1Cl. The Morgan fingerprint density at radius 3 is 2.46 bits per heavy atom. The highest BCUT2D eigenvalue weighted by molar-refractivity contribution is 6.37. The summed E-state index contributed by atoms with van der Waals surface area (Å²) in [6.45, 7) is 2.12. The molecule has 0 aliphatic carbocycles. The van der Waals surface area contributed by atoms with Gasteiger partial charge in [-0.15, -0.1) is 0 Å². The third-order valence-electron chi connectivity index (χ3n) is 4.22. The summed E-state index contributed by atoms with van der Waals surface area (Å²) < 4.78 is 10.4. The van der Waals surface area contributed by atoms with Crippen LogP contribution in [0.5, 0.6) is 5.75 Å². The Labute approximate surface area is 161 Å². The number of esters is 1. The Hall–Kier alpha value is -2.24. The quantitative estimate of drug-likeness (QED) is 0.732. The lowest BCUT2D eigenvalue weighted by atomic mass is 10.2. The van der Waals surface area contributed by atoms with Crippen LogP contribution in [-0.2, 0) is 16.0 Å². The molecule has 0 saturated carbocycles. The van der Waals surface area contributed by atoms with Crippen molar-refractivity contribution in [3.63, 3.8) is 0 Å². The van der Waals surface area contributed by atoms with E-state index in [1.54, 1.807) is 11.8 Å². The number of para-hydroxylation sites is 1. The first kappa shape index (κ1) is 18.5. The molecule has 0 spiro atoms. The van der Waals surface area contributed by atoms with E-state index in [0.29, 0.717) is 6.54 Å². The Morgan fingerprint density at radius 2 is 1.81 bits per heavy atom. The van der Waals surface area contributed by atoms with Crippen molar-refractivity contribution in [2.75, 3.05) is 18.6 Å². The molecule has 1 aliphatic heterocycles. The molecule has 0 bridgehead atoms. The lowest BCUT2D eigenvalue weighted by Gasteiger charge is -2.21. The largest absolute Gasteiger partial charge is 0.494 e. The summed E-state index contributed by atoms with van der Waals surface area (Å²) in [6, 6.07) is 10.5. The Bertz CT molecular complexity index is 845. The molecule has 1 heterocycles. The van der Waals surface area contributed by atoms with Crippen LogP contribution in [0.2, 0.25) is 10.0 Å². The van der Waals surface area contributed by atoms with Crippen LogP contribution in [-0.4, -0.2) is 31.6 Å². The zero-order chi connectivity index (χ0) is 18.8. The van der Waals surface area contributed by atoms with Gasteiger partial charge in [0, 0.05) is 12.2 Å². The van der Waals surface area contributed by atoms with Gasteiger partial charge in [-0.1, -0.05) is 41.4 Å². The van der Waals surface area contributed by atoms with Crippen molar-refractivity contribution in [3.8, 4) is 5.75 Å². The van der Waals surface area contributed by atoms with Crippen molar-refractivity contribution < 1.29 is 19.1 Å². The smallest absolute Gasteiger partial charge is 0.339 e.